The van der Waals surface area contributed by atoms with E-state index in [4.69, 9.17) is 5.26 Å². The highest BCUT2D eigenvalue weighted by Gasteiger charge is 2.02. The van der Waals surface area contributed by atoms with E-state index in [1.165, 1.54) is 0 Å². The van der Waals surface area contributed by atoms with Crippen molar-refractivity contribution < 1.29 is 4.21 Å². The van der Waals surface area contributed by atoms with Gasteiger partial charge in [0.05, 0.1) is 11.6 Å². The van der Waals surface area contributed by atoms with Gasteiger partial charge in [-0.25, -0.2) is 0 Å². The van der Waals surface area contributed by atoms with Crippen molar-refractivity contribution in [3.8, 4) is 6.07 Å². The molecule has 0 aliphatic heterocycles. The first-order chi connectivity index (χ1) is 7.76. The molecule has 2 nitrogen and oxygen atoms in total. The van der Waals surface area contributed by atoms with Gasteiger partial charge in [-0.15, -0.1) is 0 Å². The second-order valence-electron chi connectivity index (χ2n) is 3.81. The minimum absolute atomic E-state index is 0.569. The molecule has 0 bridgehead atoms. The zero-order valence-corrected chi connectivity index (χ0v) is 10.4. The molecule has 0 aromatic heterocycles. The third-order valence-corrected chi connectivity index (χ3v) is 3.76. The van der Waals surface area contributed by atoms with Crippen LogP contribution in [0.1, 0.15) is 37.3 Å². The molecule has 0 aliphatic rings. The van der Waals surface area contributed by atoms with Crippen LogP contribution in [0.15, 0.2) is 24.3 Å². The van der Waals surface area contributed by atoms with Crippen LogP contribution >= 0.6 is 0 Å². The van der Waals surface area contributed by atoms with Crippen LogP contribution in [-0.4, -0.2) is 9.96 Å². The fraction of sp³-hybridized carbons (Fsp3) is 0.462. The van der Waals surface area contributed by atoms with Crippen LogP contribution in [0.5, 0.6) is 0 Å². The quantitative estimate of drug-likeness (QED) is 0.711. The number of benzene rings is 1. The summed E-state index contributed by atoms with van der Waals surface area (Å²) in [5, 5.41) is 8.74. The van der Waals surface area contributed by atoms with E-state index in [-0.39, 0.29) is 0 Å². The Morgan fingerprint density at radius 2 is 2.19 bits per heavy atom. The highest BCUT2D eigenvalue weighted by Crippen LogP contribution is 2.08. The molecule has 1 unspecified atom stereocenters. The Hall–Kier alpha value is -1.14. The highest BCUT2D eigenvalue weighted by molar-refractivity contribution is 7.84. The Balaban J connectivity index is 2.47. The molecule has 1 rings (SSSR count). The van der Waals surface area contributed by atoms with Crippen molar-refractivity contribution in [2.75, 3.05) is 5.75 Å². The van der Waals surface area contributed by atoms with Crippen LogP contribution < -0.4 is 0 Å². The van der Waals surface area contributed by atoms with Crippen LogP contribution in [0, 0.1) is 11.3 Å². The predicted octanol–water partition coefficient (Wildman–Crippen LogP) is 3.00. The molecule has 1 aromatic carbocycles. The van der Waals surface area contributed by atoms with E-state index in [2.05, 4.69) is 13.0 Å². The van der Waals surface area contributed by atoms with Gasteiger partial charge in [0.1, 0.15) is 0 Å². The summed E-state index contributed by atoms with van der Waals surface area (Å²) in [4.78, 5) is 0. The molecule has 0 fully saturated rings. The summed E-state index contributed by atoms with van der Waals surface area (Å²) in [7, 11) is -0.792. The van der Waals surface area contributed by atoms with Gasteiger partial charge in [0, 0.05) is 22.3 Å². The standard InChI is InChI=1S/C13H17NOS/c1-2-3-4-8-16(15)11-13-7-5-6-12(9-13)10-14/h5-7,9H,2-4,8,11H2,1H3. The smallest absolute Gasteiger partial charge is 0.0991 e. The summed E-state index contributed by atoms with van der Waals surface area (Å²) in [6.45, 7) is 2.14. The maximum absolute atomic E-state index is 11.7. The molecule has 0 amide bonds. The van der Waals surface area contributed by atoms with Gasteiger partial charge in [-0.2, -0.15) is 5.26 Å². The van der Waals surface area contributed by atoms with Crippen LogP contribution in [0.25, 0.3) is 0 Å². The molecule has 1 aromatic rings. The number of hydrogen-bond donors (Lipinski definition) is 0. The van der Waals surface area contributed by atoms with Crippen molar-refractivity contribution in [2.24, 2.45) is 0 Å². The Labute approximate surface area is 99.8 Å². The summed E-state index contributed by atoms with van der Waals surface area (Å²) in [6.07, 6.45) is 3.33. The van der Waals surface area contributed by atoms with Crippen LogP contribution in [0.2, 0.25) is 0 Å². The highest BCUT2D eigenvalue weighted by atomic mass is 32.2. The molecule has 0 N–H and O–H groups in total. The third-order valence-electron chi connectivity index (χ3n) is 2.36. The largest absolute Gasteiger partial charge is 0.259 e. The van der Waals surface area contributed by atoms with Crippen molar-refractivity contribution in [1.29, 1.82) is 5.26 Å². The first-order valence-corrected chi connectivity index (χ1v) is 7.09. The normalized spacial score (nSPS) is 12.0. The Morgan fingerprint density at radius 3 is 2.88 bits per heavy atom. The van der Waals surface area contributed by atoms with E-state index in [0.29, 0.717) is 11.3 Å². The number of nitrogens with zero attached hydrogens (tertiary/aromatic N) is 1. The second kappa shape index (κ2) is 7.19. The predicted molar refractivity (Wildman–Crippen MR) is 67.4 cm³/mol. The van der Waals surface area contributed by atoms with Gasteiger partial charge >= 0.3 is 0 Å². The third kappa shape index (κ3) is 4.59. The van der Waals surface area contributed by atoms with E-state index in [1.54, 1.807) is 6.07 Å². The van der Waals surface area contributed by atoms with E-state index in [0.717, 1.165) is 30.6 Å². The fourth-order valence-corrected chi connectivity index (χ4v) is 2.72. The molecule has 0 heterocycles. The van der Waals surface area contributed by atoms with Gasteiger partial charge in [0.25, 0.3) is 0 Å². The Bertz CT molecular complexity index is 395. The molecular formula is C13H17NOS. The molecule has 0 radical (unpaired) electrons. The molecule has 0 saturated heterocycles. The fourth-order valence-electron chi connectivity index (χ4n) is 1.50. The minimum Gasteiger partial charge on any atom is -0.259 e. The van der Waals surface area contributed by atoms with Crippen LogP contribution in [-0.2, 0) is 16.6 Å². The lowest BCUT2D eigenvalue weighted by Gasteiger charge is -2.02. The summed E-state index contributed by atoms with van der Waals surface area (Å²) in [5.41, 5.74) is 1.64. The summed E-state index contributed by atoms with van der Waals surface area (Å²) >= 11 is 0. The van der Waals surface area contributed by atoms with Gasteiger partial charge in [0.2, 0.25) is 0 Å². The van der Waals surface area contributed by atoms with E-state index < -0.39 is 10.8 Å². The SMILES string of the molecule is CCCCCS(=O)Cc1cccc(C#N)c1. The van der Waals surface area contributed by atoms with Gasteiger partial charge in [-0.1, -0.05) is 31.9 Å². The number of rotatable bonds is 6. The van der Waals surface area contributed by atoms with Gasteiger partial charge in [0.15, 0.2) is 0 Å². The van der Waals surface area contributed by atoms with E-state index >= 15 is 0 Å². The average molecular weight is 235 g/mol. The lowest BCUT2D eigenvalue weighted by atomic mass is 10.2. The molecule has 86 valence electrons. The first-order valence-electron chi connectivity index (χ1n) is 5.60. The molecular weight excluding hydrogens is 218 g/mol. The lowest BCUT2D eigenvalue weighted by Crippen LogP contribution is -2.01. The maximum Gasteiger partial charge on any atom is 0.0991 e. The first kappa shape index (κ1) is 12.9. The summed E-state index contributed by atoms with van der Waals surface area (Å²) in [5.74, 6) is 1.34. The van der Waals surface area contributed by atoms with Crippen molar-refractivity contribution in [3.63, 3.8) is 0 Å². The average Bonchev–Trinajstić information content (AvgIpc) is 2.29. The number of hydrogen-bond acceptors (Lipinski definition) is 2. The minimum atomic E-state index is -0.792. The zero-order chi connectivity index (χ0) is 11.8. The van der Waals surface area contributed by atoms with Crippen LogP contribution in [0.4, 0.5) is 0 Å². The van der Waals surface area contributed by atoms with Crippen molar-refractivity contribution >= 4 is 10.8 Å². The molecule has 1 atom stereocenters. The summed E-state index contributed by atoms with van der Waals surface area (Å²) < 4.78 is 11.7. The summed E-state index contributed by atoms with van der Waals surface area (Å²) in [6, 6.07) is 9.45. The molecule has 3 heteroatoms. The Kier molecular flexibility index (Phi) is 5.81. The zero-order valence-electron chi connectivity index (χ0n) is 9.61. The van der Waals surface area contributed by atoms with Crippen molar-refractivity contribution in [3.05, 3.63) is 35.4 Å². The Morgan fingerprint density at radius 1 is 1.38 bits per heavy atom. The maximum atomic E-state index is 11.7. The monoisotopic (exact) mass is 235 g/mol. The van der Waals surface area contributed by atoms with E-state index in [1.807, 2.05) is 18.2 Å². The van der Waals surface area contributed by atoms with Gasteiger partial charge in [-0.3, -0.25) is 4.21 Å². The van der Waals surface area contributed by atoms with Crippen molar-refractivity contribution in [1.82, 2.24) is 0 Å². The number of unbranched alkanes of at least 4 members (excludes halogenated alkanes) is 2. The molecule has 0 spiro atoms. The van der Waals surface area contributed by atoms with Gasteiger partial charge in [-0.05, 0) is 24.1 Å². The van der Waals surface area contributed by atoms with Gasteiger partial charge < -0.3 is 0 Å². The molecule has 0 saturated carbocycles. The number of nitriles is 1. The van der Waals surface area contributed by atoms with E-state index in [9.17, 15) is 4.21 Å². The van der Waals surface area contributed by atoms with Crippen LogP contribution in [0.3, 0.4) is 0 Å². The molecule has 16 heavy (non-hydrogen) atoms. The second-order valence-corrected chi connectivity index (χ2v) is 5.38. The van der Waals surface area contributed by atoms with Crippen molar-refractivity contribution in [2.45, 2.75) is 31.9 Å². The lowest BCUT2D eigenvalue weighted by molar-refractivity contribution is 0.676. The molecule has 0 aliphatic carbocycles. The topological polar surface area (TPSA) is 40.9 Å².